The Hall–Kier alpha value is -2.83. The molecule has 3 rings (SSSR count). The van der Waals surface area contributed by atoms with Crippen LogP contribution in [0.3, 0.4) is 0 Å². The van der Waals surface area contributed by atoms with Crippen LogP contribution in [0.2, 0.25) is 0 Å². The van der Waals surface area contributed by atoms with E-state index < -0.39 is 0 Å². The number of urea groups is 1. The van der Waals surface area contributed by atoms with Crippen molar-refractivity contribution >= 4 is 23.4 Å². The first-order chi connectivity index (χ1) is 12.4. The first-order valence-electron chi connectivity index (χ1n) is 8.93. The Labute approximate surface area is 153 Å². The number of hydrogen-bond donors (Lipinski definition) is 3. The lowest BCUT2D eigenvalue weighted by Crippen LogP contribution is -2.37. The average Bonchev–Trinajstić information content (AvgIpc) is 2.92. The number of anilines is 2. The number of carbonyl (C=O) groups is 2. The number of benzene rings is 1. The van der Waals surface area contributed by atoms with E-state index in [9.17, 15) is 9.59 Å². The van der Waals surface area contributed by atoms with Gasteiger partial charge in [-0.3, -0.25) is 10.1 Å². The fraction of sp³-hybridized carbons (Fsp3) is 0.421. The molecule has 0 radical (unpaired) electrons. The number of fused-ring (bicyclic) bond motifs is 1. The molecule has 1 aromatic heterocycles. The zero-order chi connectivity index (χ0) is 18.7. The normalized spacial score (nSPS) is 16.2. The number of amides is 3. The number of carbonyl (C=O) groups excluding carboxylic acids is 2. The van der Waals surface area contributed by atoms with Crippen LogP contribution in [0.5, 0.6) is 0 Å². The third-order valence-electron chi connectivity index (χ3n) is 4.37. The van der Waals surface area contributed by atoms with E-state index in [1.165, 1.54) is 0 Å². The lowest BCUT2D eigenvalue weighted by atomic mass is 9.97. The summed E-state index contributed by atoms with van der Waals surface area (Å²) in [5, 5.41) is 13.0. The van der Waals surface area contributed by atoms with Crippen LogP contribution in [-0.2, 0) is 11.3 Å². The molecule has 7 nitrogen and oxygen atoms in total. The van der Waals surface area contributed by atoms with E-state index in [4.69, 9.17) is 0 Å². The van der Waals surface area contributed by atoms with Crippen LogP contribution in [0.1, 0.15) is 44.0 Å². The fourth-order valence-corrected chi connectivity index (χ4v) is 3.05. The molecule has 2 heterocycles. The van der Waals surface area contributed by atoms with Crippen molar-refractivity contribution in [3.8, 4) is 0 Å². The first kappa shape index (κ1) is 18.0. The Kier molecular flexibility index (Phi) is 5.25. The van der Waals surface area contributed by atoms with Crippen molar-refractivity contribution in [3.05, 3.63) is 41.6 Å². The van der Waals surface area contributed by atoms with Gasteiger partial charge in [0.1, 0.15) is 5.82 Å². The summed E-state index contributed by atoms with van der Waals surface area (Å²) in [5.41, 5.74) is 2.50. The zero-order valence-corrected chi connectivity index (χ0v) is 15.4. The summed E-state index contributed by atoms with van der Waals surface area (Å²) in [6, 6.07) is 8.66. The Balaban J connectivity index is 1.69. The van der Waals surface area contributed by atoms with Gasteiger partial charge in [-0.2, -0.15) is 5.10 Å². The highest BCUT2D eigenvalue weighted by atomic mass is 16.2. The SMILES string of the molecule is Cc1cc(NC(=O)NC2CC(=O)Nc3ccccc32)n(CCC(C)C)n1. The second-order valence-corrected chi connectivity index (χ2v) is 7.07. The summed E-state index contributed by atoms with van der Waals surface area (Å²) in [5.74, 6) is 1.11. The summed E-state index contributed by atoms with van der Waals surface area (Å²) in [6.07, 6.45) is 1.20. The second kappa shape index (κ2) is 7.59. The second-order valence-electron chi connectivity index (χ2n) is 7.07. The van der Waals surface area contributed by atoms with Gasteiger partial charge in [-0.25, -0.2) is 9.48 Å². The number of para-hydroxylation sites is 1. The molecule has 0 aliphatic carbocycles. The Morgan fingerprint density at radius 1 is 1.38 bits per heavy atom. The number of rotatable bonds is 5. The highest BCUT2D eigenvalue weighted by Crippen LogP contribution is 2.30. The van der Waals surface area contributed by atoms with Gasteiger partial charge in [0.15, 0.2) is 0 Å². The van der Waals surface area contributed by atoms with Gasteiger partial charge in [-0.1, -0.05) is 32.0 Å². The molecule has 0 saturated carbocycles. The van der Waals surface area contributed by atoms with Crippen LogP contribution in [0.4, 0.5) is 16.3 Å². The molecule has 3 amide bonds. The molecule has 3 N–H and O–H groups in total. The van der Waals surface area contributed by atoms with Gasteiger partial charge in [-0.15, -0.1) is 0 Å². The first-order valence-corrected chi connectivity index (χ1v) is 8.93. The molecule has 1 aromatic carbocycles. The summed E-state index contributed by atoms with van der Waals surface area (Å²) in [4.78, 5) is 24.4. The molecule has 0 bridgehead atoms. The molecule has 1 aliphatic heterocycles. The Morgan fingerprint density at radius 2 is 2.15 bits per heavy atom. The van der Waals surface area contributed by atoms with Crippen LogP contribution in [0.15, 0.2) is 30.3 Å². The summed E-state index contributed by atoms with van der Waals surface area (Å²) < 4.78 is 1.82. The minimum Gasteiger partial charge on any atom is -0.330 e. The Morgan fingerprint density at radius 3 is 2.92 bits per heavy atom. The average molecular weight is 355 g/mol. The number of aryl methyl sites for hydroxylation is 2. The van der Waals surface area contributed by atoms with Crippen molar-refractivity contribution < 1.29 is 9.59 Å². The van der Waals surface area contributed by atoms with E-state index in [1.807, 2.05) is 41.9 Å². The van der Waals surface area contributed by atoms with Gasteiger partial charge < -0.3 is 10.6 Å². The molecule has 0 fully saturated rings. The minimum atomic E-state index is -0.354. The number of nitrogens with zero attached hydrogens (tertiary/aromatic N) is 2. The van der Waals surface area contributed by atoms with Gasteiger partial charge in [-0.05, 0) is 30.9 Å². The van der Waals surface area contributed by atoms with Crippen LogP contribution in [-0.4, -0.2) is 21.7 Å². The van der Waals surface area contributed by atoms with E-state index in [0.717, 1.165) is 29.9 Å². The summed E-state index contributed by atoms with van der Waals surface area (Å²) >= 11 is 0. The molecule has 7 heteroatoms. The van der Waals surface area contributed by atoms with Crippen molar-refractivity contribution in [2.24, 2.45) is 5.92 Å². The fourth-order valence-electron chi connectivity index (χ4n) is 3.05. The predicted molar refractivity (Wildman–Crippen MR) is 101 cm³/mol. The highest BCUT2D eigenvalue weighted by Gasteiger charge is 2.26. The Bertz CT molecular complexity index is 812. The van der Waals surface area contributed by atoms with Crippen LogP contribution in [0.25, 0.3) is 0 Å². The summed E-state index contributed by atoms with van der Waals surface area (Å²) in [6.45, 7) is 6.95. The quantitative estimate of drug-likeness (QED) is 0.768. The molecule has 0 saturated heterocycles. The molecule has 2 aromatic rings. The van der Waals surface area contributed by atoms with Crippen molar-refractivity contribution in [1.82, 2.24) is 15.1 Å². The van der Waals surface area contributed by atoms with E-state index in [-0.39, 0.29) is 24.4 Å². The van der Waals surface area contributed by atoms with Gasteiger partial charge in [0.05, 0.1) is 18.2 Å². The molecular formula is C19H25N5O2. The summed E-state index contributed by atoms with van der Waals surface area (Å²) in [7, 11) is 0. The van der Waals surface area contributed by atoms with E-state index in [2.05, 4.69) is 34.9 Å². The lowest BCUT2D eigenvalue weighted by Gasteiger charge is -2.26. The van der Waals surface area contributed by atoms with Gasteiger partial charge in [0.25, 0.3) is 0 Å². The predicted octanol–water partition coefficient (Wildman–Crippen LogP) is 3.44. The lowest BCUT2D eigenvalue weighted by molar-refractivity contribution is -0.116. The number of aromatic nitrogens is 2. The van der Waals surface area contributed by atoms with E-state index >= 15 is 0 Å². The third-order valence-corrected chi connectivity index (χ3v) is 4.37. The molecular weight excluding hydrogens is 330 g/mol. The molecule has 1 unspecified atom stereocenters. The maximum atomic E-state index is 12.5. The van der Waals surface area contributed by atoms with Crippen molar-refractivity contribution in [2.45, 2.75) is 46.2 Å². The standard InChI is InChI=1S/C19H25N5O2/c1-12(2)8-9-24-17(10-13(3)23-24)22-19(26)21-16-11-18(25)20-15-7-5-4-6-14(15)16/h4-7,10,12,16H,8-9,11H2,1-3H3,(H,20,25)(H2,21,22,26). The third kappa shape index (κ3) is 4.22. The topological polar surface area (TPSA) is 88.0 Å². The van der Waals surface area contributed by atoms with Crippen LogP contribution >= 0.6 is 0 Å². The van der Waals surface area contributed by atoms with Crippen LogP contribution in [0, 0.1) is 12.8 Å². The molecule has 1 atom stereocenters. The van der Waals surface area contributed by atoms with Gasteiger partial charge in [0, 0.05) is 18.3 Å². The molecule has 0 spiro atoms. The van der Waals surface area contributed by atoms with E-state index in [0.29, 0.717) is 11.7 Å². The van der Waals surface area contributed by atoms with Gasteiger partial charge >= 0.3 is 6.03 Å². The molecule has 26 heavy (non-hydrogen) atoms. The smallest absolute Gasteiger partial charge is 0.320 e. The highest BCUT2D eigenvalue weighted by molar-refractivity contribution is 5.96. The van der Waals surface area contributed by atoms with Crippen molar-refractivity contribution in [3.63, 3.8) is 0 Å². The number of nitrogens with one attached hydrogen (secondary N) is 3. The largest absolute Gasteiger partial charge is 0.330 e. The maximum Gasteiger partial charge on any atom is 0.320 e. The monoisotopic (exact) mass is 355 g/mol. The minimum absolute atomic E-state index is 0.105. The van der Waals surface area contributed by atoms with Crippen LogP contribution < -0.4 is 16.0 Å². The van der Waals surface area contributed by atoms with Crippen molar-refractivity contribution in [1.29, 1.82) is 0 Å². The molecule has 1 aliphatic rings. The number of hydrogen-bond acceptors (Lipinski definition) is 3. The van der Waals surface area contributed by atoms with E-state index in [1.54, 1.807) is 0 Å². The maximum absolute atomic E-state index is 12.5. The van der Waals surface area contributed by atoms with Gasteiger partial charge in [0.2, 0.25) is 5.91 Å². The molecule has 138 valence electrons. The van der Waals surface area contributed by atoms with Crippen molar-refractivity contribution in [2.75, 3.05) is 10.6 Å². The zero-order valence-electron chi connectivity index (χ0n) is 15.4.